The van der Waals surface area contributed by atoms with Crippen LogP contribution in [0.5, 0.6) is 0 Å². The van der Waals surface area contributed by atoms with Crippen molar-refractivity contribution in [1.29, 1.82) is 0 Å². The number of rotatable bonds is 2. The molecule has 0 unspecified atom stereocenters. The molecule has 1 N–H and O–H groups in total. The summed E-state index contributed by atoms with van der Waals surface area (Å²) >= 11 is 3.66. The molecule has 1 aliphatic heterocycles. The van der Waals surface area contributed by atoms with Crippen LogP contribution in [0.15, 0.2) is 11.2 Å². The molecule has 1 fully saturated rings. The van der Waals surface area contributed by atoms with E-state index in [2.05, 4.69) is 17.2 Å². The molecule has 5 heteroatoms. The van der Waals surface area contributed by atoms with Crippen molar-refractivity contribution < 1.29 is 0 Å². The lowest BCUT2D eigenvalue weighted by Gasteiger charge is -2.30. The van der Waals surface area contributed by atoms with Crippen LogP contribution in [0.2, 0.25) is 0 Å². The quantitative estimate of drug-likeness (QED) is 0.904. The van der Waals surface area contributed by atoms with Gasteiger partial charge in [-0.3, -0.25) is 4.99 Å². The van der Waals surface area contributed by atoms with E-state index >= 15 is 0 Å². The summed E-state index contributed by atoms with van der Waals surface area (Å²) in [4.78, 5) is 10.4. The third-order valence-electron chi connectivity index (χ3n) is 3.80. The second-order valence-corrected chi connectivity index (χ2v) is 7.62. The molecule has 98 valence electrons. The molecule has 0 amide bonds. The van der Waals surface area contributed by atoms with Crippen LogP contribution in [0.4, 0.5) is 0 Å². The lowest BCUT2D eigenvalue weighted by atomic mass is 9.89. The van der Waals surface area contributed by atoms with Crippen molar-refractivity contribution in [2.45, 2.75) is 39.2 Å². The highest BCUT2D eigenvalue weighted by molar-refractivity contribution is 8.13. The Bertz CT molecular complexity index is 447. The maximum atomic E-state index is 4.73. The summed E-state index contributed by atoms with van der Waals surface area (Å²) < 4.78 is 0. The van der Waals surface area contributed by atoms with Crippen LogP contribution in [0.1, 0.15) is 35.6 Å². The summed E-state index contributed by atoms with van der Waals surface area (Å²) in [6, 6.07) is 0. The molecule has 1 aromatic heterocycles. The minimum Gasteiger partial charge on any atom is -0.358 e. The normalized spacial score (nSPS) is 22.2. The number of nitrogens with one attached hydrogen (secondary N) is 1. The third-order valence-corrected chi connectivity index (χ3v) is 6.01. The van der Waals surface area contributed by atoms with Gasteiger partial charge in [-0.1, -0.05) is 24.6 Å². The molecule has 1 aliphatic carbocycles. The van der Waals surface area contributed by atoms with E-state index in [1.165, 1.54) is 36.3 Å². The highest BCUT2D eigenvalue weighted by atomic mass is 32.2. The van der Waals surface area contributed by atoms with Crippen LogP contribution in [0.3, 0.4) is 0 Å². The van der Waals surface area contributed by atoms with Gasteiger partial charge in [-0.15, -0.1) is 11.3 Å². The number of hydrogen-bond donors (Lipinski definition) is 1. The first-order valence-corrected chi connectivity index (χ1v) is 8.38. The fourth-order valence-electron chi connectivity index (χ4n) is 2.72. The van der Waals surface area contributed by atoms with E-state index in [0.29, 0.717) is 5.41 Å². The average molecular weight is 281 g/mol. The molecule has 18 heavy (non-hydrogen) atoms. The summed E-state index contributed by atoms with van der Waals surface area (Å²) in [5.74, 6) is 1.25. The first-order chi connectivity index (χ1) is 8.76. The minimum atomic E-state index is 0.535. The number of hydrogen-bond acceptors (Lipinski definition) is 5. The summed E-state index contributed by atoms with van der Waals surface area (Å²) in [5, 5.41) is 5.68. The Labute approximate surface area is 116 Å². The predicted octanol–water partition coefficient (Wildman–Crippen LogP) is 3.20. The second-order valence-electron chi connectivity index (χ2n) is 5.34. The fraction of sp³-hybridized carbons (Fsp3) is 0.692. The Morgan fingerprint density at radius 3 is 2.83 bits per heavy atom. The zero-order valence-corrected chi connectivity index (χ0v) is 12.4. The van der Waals surface area contributed by atoms with E-state index in [1.54, 1.807) is 11.3 Å². The van der Waals surface area contributed by atoms with E-state index in [0.717, 1.165) is 23.3 Å². The number of thioether (sulfide) groups is 1. The summed E-state index contributed by atoms with van der Waals surface area (Å²) in [6.07, 6.45) is 7.49. The molecule has 3 rings (SSSR count). The fourth-order valence-corrected chi connectivity index (χ4v) is 4.60. The average Bonchev–Trinajstić information content (AvgIpc) is 2.99. The molecule has 1 saturated carbocycles. The second kappa shape index (κ2) is 5.21. The Morgan fingerprint density at radius 2 is 2.22 bits per heavy atom. The largest absolute Gasteiger partial charge is 0.358 e. The lowest BCUT2D eigenvalue weighted by Crippen LogP contribution is -2.33. The van der Waals surface area contributed by atoms with Gasteiger partial charge in [0.1, 0.15) is 5.01 Å². The van der Waals surface area contributed by atoms with E-state index in [1.807, 2.05) is 18.0 Å². The van der Waals surface area contributed by atoms with Gasteiger partial charge in [-0.05, 0) is 25.2 Å². The number of aryl methyl sites for hydroxylation is 1. The van der Waals surface area contributed by atoms with Crippen LogP contribution < -0.4 is 5.32 Å². The molecule has 0 aromatic carbocycles. The number of nitrogens with zero attached hydrogens (tertiary/aromatic N) is 2. The van der Waals surface area contributed by atoms with Crippen molar-refractivity contribution in [3.05, 3.63) is 16.1 Å². The van der Waals surface area contributed by atoms with Gasteiger partial charge in [0, 0.05) is 23.4 Å². The first kappa shape index (κ1) is 12.5. The Morgan fingerprint density at radius 1 is 1.39 bits per heavy atom. The van der Waals surface area contributed by atoms with E-state index in [-0.39, 0.29) is 0 Å². The third kappa shape index (κ3) is 2.72. The van der Waals surface area contributed by atoms with Gasteiger partial charge in [-0.25, -0.2) is 4.98 Å². The van der Waals surface area contributed by atoms with E-state index in [9.17, 15) is 0 Å². The monoisotopic (exact) mass is 281 g/mol. The zero-order chi connectivity index (χ0) is 12.4. The zero-order valence-electron chi connectivity index (χ0n) is 10.7. The molecule has 0 radical (unpaired) electrons. The maximum Gasteiger partial charge on any atom is 0.156 e. The molecule has 0 atom stereocenters. The topological polar surface area (TPSA) is 37.3 Å². The number of thiazole rings is 1. The molecule has 2 heterocycles. The van der Waals surface area contributed by atoms with Crippen molar-refractivity contribution in [2.24, 2.45) is 10.4 Å². The van der Waals surface area contributed by atoms with Gasteiger partial charge in [0.25, 0.3) is 0 Å². The molecule has 2 aliphatic rings. The summed E-state index contributed by atoms with van der Waals surface area (Å²) in [7, 11) is 0. The van der Waals surface area contributed by atoms with Crippen molar-refractivity contribution >= 4 is 28.3 Å². The van der Waals surface area contributed by atoms with Crippen LogP contribution in [-0.2, 0) is 6.54 Å². The smallest absolute Gasteiger partial charge is 0.156 e. The van der Waals surface area contributed by atoms with Gasteiger partial charge < -0.3 is 5.32 Å². The van der Waals surface area contributed by atoms with Gasteiger partial charge in [0.2, 0.25) is 0 Å². The van der Waals surface area contributed by atoms with E-state index in [4.69, 9.17) is 4.99 Å². The van der Waals surface area contributed by atoms with Crippen molar-refractivity contribution in [3.8, 4) is 0 Å². The van der Waals surface area contributed by atoms with Crippen molar-refractivity contribution in [2.75, 3.05) is 12.3 Å². The molecule has 3 nitrogen and oxygen atoms in total. The lowest BCUT2D eigenvalue weighted by molar-refractivity contribution is 0.358. The molecular formula is C13H19N3S2. The standard InChI is InChI=1S/C13H19N3S2/c1-10-6-14-11(18-10)7-15-12-16-8-13(9-17-12)4-2-3-5-13/h6H,2-5,7-9H2,1H3,(H,15,16). The number of amidine groups is 1. The van der Waals surface area contributed by atoms with Crippen LogP contribution in [-0.4, -0.2) is 22.4 Å². The molecule has 0 saturated heterocycles. The SMILES string of the molecule is Cc1cnc(CNC2=NCC3(CCCC3)CS2)s1. The highest BCUT2D eigenvalue weighted by Gasteiger charge is 2.36. The number of aliphatic imine (C=N–C) groups is 1. The highest BCUT2D eigenvalue weighted by Crippen LogP contribution is 2.43. The molecule has 1 spiro atoms. The van der Waals surface area contributed by atoms with Gasteiger partial charge in [0.15, 0.2) is 5.17 Å². The van der Waals surface area contributed by atoms with E-state index < -0.39 is 0 Å². The van der Waals surface area contributed by atoms with Crippen LogP contribution >= 0.6 is 23.1 Å². The summed E-state index contributed by atoms with van der Waals surface area (Å²) in [5.41, 5.74) is 0.535. The van der Waals surface area contributed by atoms with Gasteiger partial charge >= 0.3 is 0 Å². The van der Waals surface area contributed by atoms with Crippen LogP contribution in [0.25, 0.3) is 0 Å². The molecular weight excluding hydrogens is 262 g/mol. The molecule has 1 aromatic rings. The van der Waals surface area contributed by atoms with Crippen molar-refractivity contribution in [3.63, 3.8) is 0 Å². The minimum absolute atomic E-state index is 0.535. The summed E-state index contributed by atoms with van der Waals surface area (Å²) in [6.45, 7) is 3.94. The maximum absolute atomic E-state index is 4.73. The Balaban J connectivity index is 1.54. The molecule has 0 bridgehead atoms. The van der Waals surface area contributed by atoms with Gasteiger partial charge in [-0.2, -0.15) is 0 Å². The van der Waals surface area contributed by atoms with Crippen LogP contribution in [0, 0.1) is 12.3 Å². The first-order valence-electron chi connectivity index (χ1n) is 6.58. The van der Waals surface area contributed by atoms with Gasteiger partial charge in [0.05, 0.1) is 6.54 Å². The Kier molecular flexibility index (Phi) is 3.61. The van der Waals surface area contributed by atoms with Crippen molar-refractivity contribution in [1.82, 2.24) is 10.3 Å². The predicted molar refractivity (Wildman–Crippen MR) is 79.4 cm³/mol. The number of aromatic nitrogens is 1. The Hall–Kier alpha value is -0.550.